The number of halogens is 1. The number of alkyl halides is 1. The predicted octanol–water partition coefficient (Wildman–Crippen LogP) is 3.85. The SMILES string of the molecule is CC(C)C(C)C(Br)c1ccc2[nH]c(=O)oc2c1. The second kappa shape index (κ2) is 4.69. The summed E-state index contributed by atoms with van der Waals surface area (Å²) >= 11 is 3.71. The first kappa shape index (κ1) is 12.4. The summed E-state index contributed by atoms with van der Waals surface area (Å²) in [6.07, 6.45) is 0. The molecule has 2 aromatic rings. The van der Waals surface area contributed by atoms with E-state index in [1.54, 1.807) is 0 Å². The molecule has 0 aliphatic rings. The molecule has 0 spiro atoms. The molecule has 1 aromatic carbocycles. The lowest BCUT2D eigenvalue weighted by Crippen LogP contribution is -2.10. The van der Waals surface area contributed by atoms with Crippen molar-refractivity contribution in [3.8, 4) is 0 Å². The van der Waals surface area contributed by atoms with Crippen LogP contribution < -0.4 is 5.76 Å². The number of aromatic amines is 1. The van der Waals surface area contributed by atoms with Crippen molar-refractivity contribution in [2.45, 2.75) is 25.6 Å². The minimum atomic E-state index is -0.403. The van der Waals surface area contributed by atoms with E-state index in [0.717, 1.165) is 11.1 Å². The zero-order valence-electron chi connectivity index (χ0n) is 10.2. The maximum Gasteiger partial charge on any atom is 0.417 e. The van der Waals surface area contributed by atoms with E-state index in [9.17, 15) is 4.79 Å². The van der Waals surface area contributed by atoms with Crippen molar-refractivity contribution in [3.63, 3.8) is 0 Å². The number of hydrogen-bond acceptors (Lipinski definition) is 2. The van der Waals surface area contributed by atoms with Gasteiger partial charge in [-0.05, 0) is 29.5 Å². The number of nitrogens with one attached hydrogen (secondary N) is 1. The first-order valence-electron chi connectivity index (χ1n) is 5.76. The highest BCUT2D eigenvalue weighted by Gasteiger charge is 2.19. The molecule has 2 unspecified atom stereocenters. The van der Waals surface area contributed by atoms with E-state index in [2.05, 4.69) is 41.7 Å². The van der Waals surface area contributed by atoms with Crippen molar-refractivity contribution in [1.29, 1.82) is 0 Å². The van der Waals surface area contributed by atoms with Crippen LogP contribution in [0.2, 0.25) is 0 Å². The number of hydrogen-bond donors (Lipinski definition) is 1. The molecule has 0 saturated carbocycles. The monoisotopic (exact) mass is 297 g/mol. The quantitative estimate of drug-likeness (QED) is 0.875. The fraction of sp³-hybridized carbons (Fsp3) is 0.462. The van der Waals surface area contributed by atoms with Crippen LogP contribution in [0.3, 0.4) is 0 Å². The van der Waals surface area contributed by atoms with E-state index in [-0.39, 0.29) is 4.83 Å². The highest BCUT2D eigenvalue weighted by Crippen LogP contribution is 2.35. The topological polar surface area (TPSA) is 46.0 Å². The minimum absolute atomic E-state index is 0.270. The summed E-state index contributed by atoms with van der Waals surface area (Å²) < 4.78 is 5.07. The van der Waals surface area contributed by atoms with Crippen molar-refractivity contribution in [3.05, 3.63) is 34.3 Å². The van der Waals surface area contributed by atoms with Crippen LogP contribution >= 0.6 is 15.9 Å². The van der Waals surface area contributed by atoms with Crippen molar-refractivity contribution in [2.75, 3.05) is 0 Å². The van der Waals surface area contributed by atoms with E-state index in [1.165, 1.54) is 0 Å². The maximum atomic E-state index is 11.1. The van der Waals surface area contributed by atoms with Crippen molar-refractivity contribution in [1.82, 2.24) is 4.98 Å². The largest absolute Gasteiger partial charge is 0.417 e. The molecule has 3 nitrogen and oxygen atoms in total. The van der Waals surface area contributed by atoms with Crippen LogP contribution in [0.5, 0.6) is 0 Å². The Morgan fingerprint density at radius 2 is 2.00 bits per heavy atom. The summed E-state index contributed by atoms with van der Waals surface area (Å²) in [5.74, 6) is 0.701. The van der Waals surface area contributed by atoms with Gasteiger partial charge in [0, 0.05) is 4.83 Å². The zero-order valence-corrected chi connectivity index (χ0v) is 11.7. The van der Waals surface area contributed by atoms with E-state index in [0.29, 0.717) is 17.4 Å². The molecule has 0 amide bonds. The Morgan fingerprint density at radius 1 is 1.29 bits per heavy atom. The molecule has 0 fully saturated rings. The van der Waals surface area contributed by atoms with Crippen molar-refractivity contribution >= 4 is 27.0 Å². The number of benzene rings is 1. The second-order valence-corrected chi connectivity index (χ2v) is 5.76. The van der Waals surface area contributed by atoms with Gasteiger partial charge in [-0.1, -0.05) is 42.8 Å². The summed E-state index contributed by atoms with van der Waals surface area (Å²) in [5, 5.41) is 0. The van der Waals surface area contributed by atoms with E-state index in [1.807, 2.05) is 18.2 Å². The van der Waals surface area contributed by atoms with Crippen molar-refractivity contribution < 1.29 is 4.42 Å². The molecule has 92 valence electrons. The molecule has 0 aliphatic carbocycles. The van der Waals surface area contributed by atoms with Crippen LogP contribution in [0, 0.1) is 11.8 Å². The lowest BCUT2D eigenvalue weighted by atomic mass is 9.91. The Bertz CT molecular complexity index is 570. The van der Waals surface area contributed by atoms with Crippen LogP contribution in [-0.4, -0.2) is 4.98 Å². The highest BCUT2D eigenvalue weighted by molar-refractivity contribution is 9.09. The van der Waals surface area contributed by atoms with Gasteiger partial charge < -0.3 is 4.42 Å². The summed E-state index contributed by atoms with van der Waals surface area (Å²) in [7, 11) is 0. The van der Waals surface area contributed by atoms with E-state index >= 15 is 0 Å². The highest BCUT2D eigenvalue weighted by atomic mass is 79.9. The molecule has 0 saturated heterocycles. The van der Waals surface area contributed by atoms with Gasteiger partial charge in [0.05, 0.1) is 5.52 Å². The standard InChI is InChI=1S/C13H16BrNO2/c1-7(2)8(3)12(14)9-4-5-10-11(6-9)17-13(16)15-10/h4-8,12H,1-3H3,(H,15,16). The molecule has 4 heteroatoms. The fourth-order valence-corrected chi connectivity index (χ4v) is 2.67. The minimum Gasteiger partial charge on any atom is -0.408 e. The summed E-state index contributed by atoms with van der Waals surface area (Å²) in [6.45, 7) is 6.61. The second-order valence-electron chi connectivity index (χ2n) is 4.78. The van der Waals surface area contributed by atoms with Crippen LogP contribution in [0.25, 0.3) is 11.1 Å². The fourth-order valence-electron chi connectivity index (χ4n) is 1.78. The van der Waals surface area contributed by atoms with Crippen LogP contribution in [0.15, 0.2) is 27.4 Å². The van der Waals surface area contributed by atoms with E-state index < -0.39 is 5.76 Å². The van der Waals surface area contributed by atoms with Crippen molar-refractivity contribution in [2.24, 2.45) is 11.8 Å². The van der Waals surface area contributed by atoms with Gasteiger partial charge >= 0.3 is 5.76 Å². The zero-order chi connectivity index (χ0) is 12.6. The molecular formula is C13H16BrNO2. The summed E-state index contributed by atoms with van der Waals surface area (Å²) in [6, 6.07) is 5.83. The molecule has 0 aliphatic heterocycles. The molecule has 1 aromatic heterocycles. The Balaban J connectivity index is 2.38. The molecule has 2 rings (SSSR count). The van der Waals surface area contributed by atoms with Gasteiger partial charge in [0.25, 0.3) is 0 Å². The number of oxazole rings is 1. The van der Waals surface area contributed by atoms with Gasteiger partial charge in [-0.25, -0.2) is 4.79 Å². The van der Waals surface area contributed by atoms with Gasteiger partial charge in [0.1, 0.15) is 0 Å². The molecular weight excluding hydrogens is 282 g/mol. The Labute approximate surface area is 108 Å². The van der Waals surface area contributed by atoms with E-state index in [4.69, 9.17) is 4.42 Å². The molecule has 1 heterocycles. The molecule has 0 bridgehead atoms. The average Bonchev–Trinajstić information content (AvgIpc) is 2.65. The number of rotatable bonds is 3. The number of aromatic nitrogens is 1. The first-order chi connectivity index (χ1) is 7.99. The number of H-pyrrole nitrogens is 1. The first-order valence-corrected chi connectivity index (χ1v) is 6.67. The molecule has 0 radical (unpaired) electrons. The third-order valence-corrected chi connectivity index (χ3v) is 4.64. The number of fused-ring (bicyclic) bond motifs is 1. The normalized spacial score (nSPS) is 15.4. The summed E-state index contributed by atoms with van der Waals surface area (Å²) in [5.41, 5.74) is 2.50. The molecule has 2 atom stereocenters. The van der Waals surface area contributed by atoms with Gasteiger partial charge in [-0.3, -0.25) is 4.98 Å². The van der Waals surface area contributed by atoms with Gasteiger partial charge in [0.15, 0.2) is 5.58 Å². The Kier molecular flexibility index (Phi) is 3.43. The van der Waals surface area contributed by atoms with Crippen LogP contribution in [-0.2, 0) is 0 Å². The van der Waals surface area contributed by atoms with Gasteiger partial charge in [-0.2, -0.15) is 0 Å². The third kappa shape index (κ3) is 2.46. The average molecular weight is 298 g/mol. The van der Waals surface area contributed by atoms with Gasteiger partial charge in [0.2, 0.25) is 0 Å². The van der Waals surface area contributed by atoms with Crippen LogP contribution in [0.1, 0.15) is 31.2 Å². The van der Waals surface area contributed by atoms with Gasteiger partial charge in [-0.15, -0.1) is 0 Å². The lowest BCUT2D eigenvalue weighted by Gasteiger charge is -2.22. The molecule has 17 heavy (non-hydrogen) atoms. The van der Waals surface area contributed by atoms with Crippen LogP contribution in [0.4, 0.5) is 0 Å². The molecule has 1 N–H and O–H groups in total. The Morgan fingerprint density at radius 3 is 2.65 bits per heavy atom. The lowest BCUT2D eigenvalue weighted by molar-refractivity contribution is 0.414. The maximum absolute atomic E-state index is 11.1. The smallest absolute Gasteiger partial charge is 0.408 e. The third-order valence-electron chi connectivity index (χ3n) is 3.28. The predicted molar refractivity (Wildman–Crippen MR) is 72.5 cm³/mol. The Hall–Kier alpha value is -1.03. The summed E-state index contributed by atoms with van der Waals surface area (Å²) in [4.78, 5) is 14.0.